The van der Waals surface area contributed by atoms with Gasteiger partial charge in [0, 0.05) is 31.6 Å². The Morgan fingerprint density at radius 1 is 1.20 bits per heavy atom. The van der Waals surface area contributed by atoms with E-state index < -0.39 is 33.2 Å². The van der Waals surface area contributed by atoms with Gasteiger partial charge in [0.15, 0.2) is 0 Å². The van der Waals surface area contributed by atoms with Crippen molar-refractivity contribution in [2.24, 2.45) is 13.0 Å². The number of sulfonamides is 1. The number of hydrogen-bond acceptors (Lipinski definition) is 5. The average Bonchev–Trinajstić information content (AvgIpc) is 2.69. The molecule has 2 heterocycles. The molecule has 30 heavy (non-hydrogen) atoms. The van der Waals surface area contributed by atoms with E-state index in [1.807, 2.05) is 0 Å². The lowest BCUT2D eigenvalue weighted by Crippen LogP contribution is -2.40. The van der Waals surface area contributed by atoms with Crippen LogP contribution in [0.15, 0.2) is 34.0 Å². The Hall–Kier alpha value is -2.40. The first-order chi connectivity index (χ1) is 14.0. The minimum absolute atomic E-state index is 0.0187. The van der Waals surface area contributed by atoms with Crippen molar-refractivity contribution in [3.05, 3.63) is 40.2 Å². The number of alkyl halides is 3. The molecule has 0 unspecified atom stereocenters. The molecule has 1 aliphatic heterocycles. The summed E-state index contributed by atoms with van der Waals surface area (Å²) >= 11 is 0. The van der Waals surface area contributed by atoms with Crippen molar-refractivity contribution in [3.63, 3.8) is 0 Å². The van der Waals surface area contributed by atoms with Gasteiger partial charge in [-0.25, -0.2) is 8.42 Å². The molecular formula is C19H21F3N2O5S. The predicted molar refractivity (Wildman–Crippen MR) is 102 cm³/mol. The van der Waals surface area contributed by atoms with Crippen LogP contribution in [0, 0.1) is 5.92 Å². The van der Waals surface area contributed by atoms with Gasteiger partial charge in [0.25, 0.3) is 5.56 Å². The maximum atomic E-state index is 13.4. The number of nitrogens with zero attached hydrogens (tertiary/aromatic N) is 2. The molecule has 1 fully saturated rings. The van der Waals surface area contributed by atoms with Gasteiger partial charge in [-0.15, -0.1) is 0 Å². The van der Waals surface area contributed by atoms with Crippen molar-refractivity contribution < 1.29 is 31.1 Å². The lowest BCUT2D eigenvalue weighted by atomic mass is 9.98. The van der Waals surface area contributed by atoms with Crippen LogP contribution in [0.5, 0.6) is 0 Å². The van der Waals surface area contributed by atoms with Crippen molar-refractivity contribution in [2.75, 3.05) is 19.7 Å². The molecule has 7 nitrogen and oxygen atoms in total. The molecule has 0 radical (unpaired) electrons. The second-order valence-electron chi connectivity index (χ2n) is 7.06. The zero-order valence-corrected chi connectivity index (χ0v) is 17.2. The molecule has 2 aromatic rings. The molecule has 0 amide bonds. The molecule has 3 rings (SSSR count). The second kappa shape index (κ2) is 8.03. The van der Waals surface area contributed by atoms with Crippen LogP contribution in [0.3, 0.4) is 0 Å². The van der Waals surface area contributed by atoms with Gasteiger partial charge in [0.05, 0.1) is 28.5 Å². The molecule has 0 spiro atoms. The van der Waals surface area contributed by atoms with Crippen LogP contribution in [-0.2, 0) is 32.8 Å². The Morgan fingerprint density at radius 3 is 2.40 bits per heavy atom. The first-order valence-electron chi connectivity index (χ1n) is 9.34. The molecular weight excluding hydrogens is 425 g/mol. The highest BCUT2D eigenvalue weighted by Crippen LogP contribution is 2.35. The molecule has 0 saturated carbocycles. The first kappa shape index (κ1) is 22.3. The van der Waals surface area contributed by atoms with E-state index in [0.717, 1.165) is 14.9 Å². The minimum atomic E-state index is -4.81. The Labute approximate surface area is 171 Å². The number of benzene rings is 1. The number of ether oxygens (including phenoxy) is 1. The van der Waals surface area contributed by atoms with Crippen molar-refractivity contribution in [1.82, 2.24) is 8.87 Å². The standard InChI is InChI=1S/C19H21F3N2O5S/c1-3-29-18(26)12-6-8-24(9-7-12)30(27,28)13-4-5-16-14(10-13)15(19(20,21)22)11-17(25)23(16)2/h4-5,10-12H,3,6-9H2,1-2H3. The monoisotopic (exact) mass is 446 g/mol. The number of rotatable bonds is 4. The van der Waals surface area contributed by atoms with Crippen LogP contribution in [0.2, 0.25) is 0 Å². The van der Waals surface area contributed by atoms with Gasteiger partial charge in [-0.2, -0.15) is 17.5 Å². The molecule has 1 aliphatic rings. The fourth-order valence-corrected chi connectivity index (χ4v) is 5.07. The number of aromatic nitrogens is 1. The van der Waals surface area contributed by atoms with E-state index in [0.29, 0.717) is 6.07 Å². The van der Waals surface area contributed by atoms with Gasteiger partial charge in [-0.3, -0.25) is 9.59 Å². The van der Waals surface area contributed by atoms with Gasteiger partial charge in [0.1, 0.15) is 0 Å². The number of carbonyl (C=O) groups is 1. The molecule has 0 aliphatic carbocycles. The molecule has 1 saturated heterocycles. The van der Waals surface area contributed by atoms with E-state index in [-0.39, 0.29) is 54.3 Å². The van der Waals surface area contributed by atoms with E-state index in [1.165, 1.54) is 19.2 Å². The van der Waals surface area contributed by atoms with Crippen molar-refractivity contribution in [3.8, 4) is 0 Å². The Balaban J connectivity index is 1.98. The van der Waals surface area contributed by atoms with Crippen LogP contribution in [0.1, 0.15) is 25.3 Å². The van der Waals surface area contributed by atoms with Crippen LogP contribution < -0.4 is 5.56 Å². The zero-order valence-electron chi connectivity index (χ0n) is 16.4. The van der Waals surface area contributed by atoms with Crippen LogP contribution in [0.25, 0.3) is 10.9 Å². The third-order valence-corrected chi connectivity index (χ3v) is 7.13. The SMILES string of the molecule is CCOC(=O)C1CCN(S(=O)(=O)c2ccc3c(c2)c(C(F)(F)F)cc(=O)n3C)CC1. The number of pyridine rings is 1. The van der Waals surface area contributed by atoms with E-state index in [4.69, 9.17) is 4.74 Å². The third kappa shape index (κ3) is 4.08. The number of piperidine rings is 1. The van der Waals surface area contributed by atoms with Gasteiger partial charge >= 0.3 is 12.1 Å². The summed E-state index contributed by atoms with van der Waals surface area (Å²) in [6, 6.07) is 3.80. The van der Waals surface area contributed by atoms with Crippen molar-refractivity contribution >= 4 is 26.9 Å². The van der Waals surface area contributed by atoms with Gasteiger partial charge in [-0.05, 0) is 38.0 Å². The molecule has 164 valence electrons. The van der Waals surface area contributed by atoms with Crippen LogP contribution in [0.4, 0.5) is 13.2 Å². The quantitative estimate of drug-likeness (QED) is 0.674. The van der Waals surface area contributed by atoms with Crippen LogP contribution >= 0.6 is 0 Å². The van der Waals surface area contributed by atoms with Gasteiger partial charge in [0.2, 0.25) is 10.0 Å². The summed E-state index contributed by atoms with van der Waals surface area (Å²) in [7, 11) is -2.76. The summed E-state index contributed by atoms with van der Waals surface area (Å²) in [6.07, 6.45) is -4.27. The van der Waals surface area contributed by atoms with Crippen molar-refractivity contribution in [1.29, 1.82) is 0 Å². The summed E-state index contributed by atoms with van der Waals surface area (Å²) in [5.41, 5.74) is -2.04. The average molecular weight is 446 g/mol. The summed E-state index contributed by atoms with van der Waals surface area (Å²) in [4.78, 5) is 23.4. The van der Waals surface area contributed by atoms with E-state index >= 15 is 0 Å². The first-order valence-corrected chi connectivity index (χ1v) is 10.8. The highest BCUT2D eigenvalue weighted by atomic mass is 32.2. The number of carbonyl (C=O) groups excluding carboxylic acids is 1. The second-order valence-corrected chi connectivity index (χ2v) is 9.00. The molecule has 1 aromatic heterocycles. The molecule has 11 heteroatoms. The molecule has 0 atom stereocenters. The third-order valence-electron chi connectivity index (χ3n) is 5.23. The van der Waals surface area contributed by atoms with Gasteiger partial charge < -0.3 is 9.30 Å². The molecule has 0 bridgehead atoms. The Kier molecular flexibility index (Phi) is 5.96. The highest BCUT2D eigenvalue weighted by molar-refractivity contribution is 7.89. The normalized spacial score (nSPS) is 16.7. The largest absolute Gasteiger partial charge is 0.466 e. The molecule has 0 N–H and O–H groups in total. The van der Waals surface area contributed by atoms with Crippen molar-refractivity contribution in [2.45, 2.75) is 30.8 Å². The number of aryl methyl sites for hydroxylation is 1. The zero-order chi connectivity index (χ0) is 22.3. The number of fused-ring (bicyclic) bond motifs is 1. The fraction of sp³-hybridized carbons (Fsp3) is 0.474. The smallest absolute Gasteiger partial charge is 0.417 e. The van der Waals surface area contributed by atoms with E-state index in [2.05, 4.69) is 0 Å². The van der Waals surface area contributed by atoms with Gasteiger partial charge in [-0.1, -0.05) is 0 Å². The minimum Gasteiger partial charge on any atom is -0.466 e. The number of hydrogen-bond donors (Lipinski definition) is 0. The van der Waals surface area contributed by atoms with E-state index in [1.54, 1.807) is 6.92 Å². The Bertz CT molecular complexity index is 1130. The lowest BCUT2D eigenvalue weighted by molar-refractivity contribution is -0.149. The van der Waals surface area contributed by atoms with E-state index in [9.17, 15) is 31.2 Å². The maximum Gasteiger partial charge on any atom is 0.417 e. The summed E-state index contributed by atoms with van der Waals surface area (Å²) < 4.78 is 73.5. The summed E-state index contributed by atoms with van der Waals surface area (Å²) in [5.74, 6) is -0.782. The highest BCUT2D eigenvalue weighted by Gasteiger charge is 2.36. The Morgan fingerprint density at radius 2 is 1.83 bits per heavy atom. The predicted octanol–water partition coefficient (Wildman–Crippen LogP) is 2.52. The molecule has 1 aromatic carbocycles. The number of halogens is 3. The van der Waals surface area contributed by atoms with Crippen LogP contribution in [-0.4, -0.2) is 43.0 Å². The summed E-state index contributed by atoms with van der Waals surface area (Å²) in [5, 5.41) is -0.368. The number of esters is 1. The summed E-state index contributed by atoms with van der Waals surface area (Å²) in [6.45, 7) is 2.03. The maximum absolute atomic E-state index is 13.4. The lowest BCUT2D eigenvalue weighted by Gasteiger charge is -2.30. The fourth-order valence-electron chi connectivity index (χ4n) is 3.58. The topological polar surface area (TPSA) is 85.7 Å².